The Bertz CT molecular complexity index is 155. The topological polar surface area (TPSA) is 53.8 Å². The van der Waals surface area contributed by atoms with Gasteiger partial charge in [-0.15, -0.1) is 0 Å². The lowest BCUT2D eigenvalue weighted by molar-refractivity contribution is -0.120. The van der Waals surface area contributed by atoms with E-state index >= 15 is 0 Å². The molecule has 0 spiro atoms. The lowest BCUT2D eigenvalue weighted by Gasteiger charge is -1.98. The van der Waals surface area contributed by atoms with Gasteiger partial charge in [0.1, 0.15) is 0 Å². The summed E-state index contributed by atoms with van der Waals surface area (Å²) in [5.41, 5.74) is 2.30. The number of unbranched alkanes of at least 4 members (excludes halogenated alkanes) is 1. The van der Waals surface area contributed by atoms with Gasteiger partial charge in [0.25, 0.3) is 5.91 Å². The second-order valence-corrected chi connectivity index (χ2v) is 2.35. The highest BCUT2D eigenvalue weighted by Gasteiger charge is 2.20. The monoisotopic (exact) mass is 141 g/mol. The molecule has 0 aromatic heterocycles. The Labute approximate surface area is 59.7 Å². The minimum absolute atomic E-state index is 0.0616. The van der Waals surface area contributed by atoms with Crippen LogP contribution in [0.15, 0.2) is 10.3 Å². The van der Waals surface area contributed by atoms with Crippen LogP contribution in [-0.2, 0) is 4.79 Å². The van der Waals surface area contributed by atoms with Crippen LogP contribution < -0.4 is 5.43 Å². The van der Waals surface area contributed by atoms with Crippen molar-refractivity contribution >= 4 is 5.91 Å². The quantitative estimate of drug-likeness (QED) is 0.627. The Balaban J connectivity index is 2.27. The average molecular weight is 141 g/mol. The highest BCUT2D eigenvalue weighted by atomic mass is 16.2. The molecule has 0 radical (unpaired) electrons. The molecule has 0 saturated carbocycles. The fraction of sp³-hybridized carbons (Fsp3) is 0.833. The van der Waals surface area contributed by atoms with Crippen molar-refractivity contribution < 1.29 is 4.79 Å². The third kappa shape index (κ3) is 1.52. The number of rotatable bonds is 3. The SMILES string of the molecule is CCCCC1N=NNC1=O. The first-order chi connectivity index (χ1) is 4.84. The zero-order valence-corrected chi connectivity index (χ0v) is 6.00. The van der Waals surface area contributed by atoms with Gasteiger partial charge in [0, 0.05) is 0 Å². The molecule has 1 aliphatic rings. The maximum Gasteiger partial charge on any atom is 0.268 e. The highest BCUT2D eigenvalue weighted by molar-refractivity contribution is 5.82. The summed E-state index contributed by atoms with van der Waals surface area (Å²) in [6.45, 7) is 2.09. The molecule has 56 valence electrons. The molecule has 0 fully saturated rings. The van der Waals surface area contributed by atoms with Crippen LogP contribution in [0.25, 0.3) is 0 Å². The Kier molecular flexibility index (Phi) is 2.36. The predicted octanol–water partition coefficient (Wildman–Crippen LogP) is 1.04. The van der Waals surface area contributed by atoms with E-state index in [0.717, 1.165) is 19.3 Å². The van der Waals surface area contributed by atoms with Gasteiger partial charge in [-0.2, -0.15) is 5.11 Å². The van der Waals surface area contributed by atoms with E-state index in [9.17, 15) is 4.79 Å². The van der Waals surface area contributed by atoms with Gasteiger partial charge in [0.05, 0.1) is 0 Å². The van der Waals surface area contributed by atoms with E-state index in [2.05, 4.69) is 22.7 Å². The molecular formula is C6H11N3O. The molecule has 10 heavy (non-hydrogen) atoms. The maximum atomic E-state index is 10.8. The van der Waals surface area contributed by atoms with Crippen molar-refractivity contribution in [2.24, 2.45) is 10.3 Å². The lowest BCUT2D eigenvalue weighted by atomic mass is 10.1. The summed E-state index contributed by atoms with van der Waals surface area (Å²) in [5, 5.41) is 7.14. The number of nitrogens with zero attached hydrogens (tertiary/aromatic N) is 2. The van der Waals surface area contributed by atoms with Crippen LogP contribution in [0.1, 0.15) is 26.2 Å². The van der Waals surface area contributed by atoms with Crippen LogP contribution in [0.2, 0.25) is 0 Å². The van der Waals surface area contributed by atoms with E-state index in [0.29, 0.717) is 0 Å². The summed E-state index contributed by atoms with van der Waals surface area (Å²) < 4.78 is 0. The van der Waals surface area contributed by atoms with E-state index in [4.69, 9.17) is 0 Å². The summed E-state index contributed by atoms with van der Waals surface area (Å²) in [7, 11) is 0. The first-order valence-electron chi connectivity index (χ1n) is 3.54. The zero-order chi connectivity index (χ0) is 7.40. The van der Waals surface area contributed by atoms with Gasteiger partial charge in [-0.1, -0.05) is 25.0 Å². The molecule has 1 heterocycles. The third-order valence-electron chi connectivity index (χ3n) is 1.49. The fourth-order valence-electron chi connectivity index (χ4n) is 0.861. The van der Waals surface area contributed by atoms with Crippen LogP contribution >= 0.6 is 0 Å². The molecule has 0 bridgehead atoms. The van der Waals surface area contributed by atoms with Crippen LogP contribution in [0.3, 0.4) is 0 Å². The number of hydrogen-bond acceptors (Lipinski definition) is 3. The molecule has 1 amide bonds. The average Bonchev–Trinajstić information content (AvgIpc) is 2.31. The van der Waals surface area contributed by atoms with Crippen molar-refractivity contribution in [3.8, 4) is 0 Å². The highest BCUT2D eigenvalue weighted by Crippen LogP contribution is 2.08. The summed E-state index contributed by atoms with van der Waals surface area (Å²) in [6.07, 6.45) is 2.96. The van der Waals surface area contributed by atoms with Crippen LogP contribution in [-0.4, -0.2) is 11.9 Å². The molecule has 1 atom stereocenters. The first kappa shape index (κ1) is 7.18. The summed E-state index contributed by atoms with van der Waals surface area (Å²) in [6, 6.07) is -0.208. The van der Waals surface area contributed by atoms with Crippen LogP contribution in [0, 0.1) is 0 Å². The molecule has 1 unspecified atom stereocenters. The second kappa shape index (κ2) is 3.29. The lowest BCUT2D eigenvalue weighted by Crippen LogP contribution is -2.22. The molecule has 4 nitrogen and oxygen atoms in total. The number of carbonyl (C=O) groups excluding carboxylic acids is 1. The smallest absolute Gasteiger partial charge is 0.268 e. The summed E-state index contributed by atoms with van der Waals surface area (Å²) in [4.78, 5) is 10.8. The Morgan fingerprint density at radius 2 is 2.50 bits per heavy atom. The molecule has 0 aliphatic carbocycles. The standard InChI is InChI=1S/C6H11N3O/c1-2-3-4-5-6(10)8-9-7-5/h5H,2-4H2,1H3,(H,7,8,10). The molecule has 0 aromatic carbocycles. The number of nitrogens with one attached hydrogen (secondary N) is 1. The minimum Gasteiger partial charge on any atom is -0.271 e. The first-order valence-corrected chi connectivity index (χ1v) is 3.54. The van der Waals surface area contributed by atoms with Gasteiger partial charge < -0.3 is 0 Å². The van der Waals surface area contributed by atoms with E-state index in [1.54, 1.807) is 0 Å². The summed E-state index contributed by atoms with van der Waals surface area (Å²) in [5.74, 6) is -0.0616. The number of carbonyl (C=O) groups is 1. The third-order valence-corrected chi connectivity index (χ3v) is 1.49. The van der Waals surface area contributed by atoms with Gasteiger partial charge in [-0.05, 0) is 6.42 Å². The number of amides is 1. The van der Waals surface area contributed by atoms with E-state index in [1.165, 1.54) is 0 Å². The molecule has 4 heteroatoms. The van der Waals surface area contributed by atoms with Crippen molar-refractivity contribution in [3.05, 3.63) is 0 Å². The van der Waals surface area contributed by atoms with E-state index < -0.39 is 0 Å². The van der Waals surface area contributed by atoms with Crippen molar-refractivity contribution in [2.75, 3.05) is 0 Å². The normalized spacial score (nSPS) is 23.3. The van der Waals surface area contributed by atoms with Gasteiger partial charge in [-0.25, -0.2) is 5.43 Å². The molecule has 0 aromatic rings. The van der Waals surface area contributed by atoms with E-state index in [1.807, 2.05) is 0 Å². The van der Waals surface area contributed by atoms with Crippen molar-refractivity contribution in [2.45, 2.75) is 32.2 Å². The molecule has 1 rings (SSSR count). The largest absolute Gasteiger partial charge is 0.271 e. The van der Waals surface area contributed by atoms with Crippen molar-refractivity contribution in [1.29, 1.82) is 0 Å². The maximum absolute atomic E-state index is 10.8. The van der Waals surface area contributed by atoms with Crippen LogP contribution in [0.5, 0.6) is 0 Å². The van der Waals surface area contributed by atoms with Gasteiger partial charge >= 0.3 is 0 Å². The molecular weight excluding hydrogens is 130 g/mol. The van der Waals surface area contributed by atoms with Crippen molar-refractivity contribution in [1.82, 2.24) is 5.43 Å². The Morgan fingerprint density at radius 1 is 1.70 bits per heavy atom. The molecule has 1 aliphatic heterocycles. The van der Waals surface area contributed by atoms with Gasteiger partial charge in [0.2, 0.25) is 0 Å². The minimum atomic E-state index is -0.208. The Hall–Kier alpha value is -0.930. The van der Waals surface area contributed by atoms with E-state index in [-0.39, 0.29) is 11.9 Å². The zero-order valence-electron chi connectivity index (χ0n) is 6.00. The predicted molar refractivity (Wildman–Crippen MR) is 36.3 cm³/mol. The van der Waals surface area contributed by atoms with Gasteiger partial charge in [-0.3, -0.25) is 4.79 Å². The summed E-state index contributed by atoms with van der Waals surface area (Å²) >= 11 is 0. The van der Waals surface area contributed by atoms with Gasteiger partial charge in [0.15, 0.2) is 6.04 Å². The van der Waals surface area contributed by atoms with Crippen molar-refractivity contribution in [3.63, 3.8) is 0 Å². The number of hydrogen-bond donors (Lipinski definition) is 1. The molecule has 1 N–H and O–H groups in total. The second-order valence-electron chi connectivity index (χ2n) is 2.35. The van der Waals surface area contributed by atoms with Crippen LogP contribution in [0.4, 0.5) is 0 Å². The fourth-order valence-corrected chi connectivity index (χ4v) is 0.861. The molecule has 0 saturated heterocycles. The Morgan fingerprint density at radius 3 is 3.00 bits per heavy atom.